The van der Waals surface area contributed by atoms with Crippen LogP contribution in [0.3, 0.4) is 0 Å². The summed E-state index contributed by atoms with van der Waals surface area (Å²) >= 11 is 1.31. The van der Waals surface area contributed by atoms with Gasteiger partial charge in [-0.1, -0.05) is 91.0 Å². The summed E-state index contributed by atoms with van der Waals surface area (Å²) in [6.45, 7) is 5.05. The molecule has 0 aliphatic rings. The van der Waals surface area contributed by atoms with Crippen molar-refractivity contribution in [2.24, 2.45) is 5.73 Å². The van der Waals surface area contributed by atoms with Crippen LogP contribution in [0.25, 0.3) is 0 Å². The van der Waals surface area contributed by atoms with Crippen molar-refractivity contribution in [3.05, 3.63) is 108 Å². The molecular weight excluding hydrogens is 434 g/mol. The van der Waals surface area contributed by atoms with E-state index in [0.29, 0.717) is 0 Å². The molecule has 0 aliphatic heterocycles. The molecule has 0 bridgehead atoms. The maximum absolute atomic E-state index is 12.9. The molecule has 0 aliphatic carbocycles. The number of thioether (sulfide) groups is 1. The van der Waals surface area contributed by atoms with E-state index < -0.39 is 27.8 Å². The molecule has 0 saturated carbocycles. The minimum Gasteiger partial charge on any atom is -0.479 e. The molecule has 1 atom stereocenters. The lowest BCUT2D eigenvalue weighted by molar-refractivity contribution is -0.167. The largest absolute Gasteiger partial charge is 0.479 e. The molecule has 0 saturated heterocycles. The Morgan fingerprint density at radius 2 is 1.15 bits per heavy atom. The van der Waals surface area contributed by atoms with Gasteiger partial charge in [-0.25, -0.2) is 9.59 Å². The van der Waals surface area contributed by atoms with E-state index in [1.807, 2.05) is 91.0 Å². The van der Waals surface area contributed by atoms with Crippen molar-refractivity contribution < 1.29 is 19.4 Å². The topological polar surface area (TPSA) is 89.6 Å². The predicted octanol–water partition coefficient (Wildman–Crippen LogP) is 4.84. The van der Waals surface area contributed by atoms with E-state index in [2.05, 4.69) is 0 Å². The summed E-state index contributed by atoms with van der Waals surface area (Å²) < 4.78 is 4.59. The van der Waals surface area contributed by atoms with Gasteiger partial charge in [0.1, 0.15) is 5.60 Å². The molecule has 0 spiro atoms. The number of carbonyl (C=O) groups is 2. The molecule has 3 aromatic carbocycles. The maximum atomic E-state index is 12.9. The Bertz CT molecular complexity index is 985. The van der Waals surface area contributed by atoms with Crippen LogP contribution in [0.1, 0.15) is 37.5 Å². The van der Waals surface area contributed by atoms with Crippen LogP contribution >= 0.6 is 11.8 Å². The highest BCUT2D eigenvalue weighted by Gasteiger charge is 2.49. The molecule has 33 heavy (non-hydrogen) atoms. The quantitative estimate of drug-likeness (QED) is 0.282. The lowest BCUT2D eigenvalue weighted by Gasteiger charge is -2.37. The first-order chi connectivity index (χ1) is 15.6. The fourth-order valence-corrected chi connectivity index (χ4v) is 5.16. The fraction of sp³-hybridized carbons (Fsp3) is 0.259. The Hall–Kier alpha value is -3.09. The zero-order valence-corrected chi connectivity index (χ0v) is 19.8. The number of esters is 1. The number of carboxylic acids is 1. The molecule has 172 valence electrons. The number of hydrogen-bond donors (Lipinski definition) is 2. The Balaban J connectivity index is 2.16. The third-order valence-electron chi connectivity index (χ3n) is 5.20. The third kappa shape index (κ3) is 5.29. The average molecular weight is 464 g/mol. The molecule has 3 rings (SSSR count). The normalized spacial score (nSPS) is 13.7. The number of carboxylic acid groups (broad SMARTS) is 1. The first kappa shape index (κ1) is 24.6. The van der Waals surface area contributed by atoms with Crippen LogP contribution in [-0.4, -0.2) is 33.9 Å². The standard InChI is InChI=1S/C27H29NO4S/c1-25(2,3)32-24(31)26(28,23(29)30)19-33-27(20-13-7-4-8-14-20,21-15-9-5-10-16-21)22-17-11-6-12-18-22/h4-18H,19,28H2,1-3H3,(H,29,30)/t26-/m0/s1. The molecular formula is C27H29NO4S. The van der Waals surface area contributed by atoms with E-state index in [1.165, 1.54) is 11.8 Å². The number of benzene rings is 3. The second kappa shape index (κ2) is 9.81. The molecule has 0 unspecified atom stereocenters. The Morgan fingerprint density at radius 1 is 0.788 bits per heavy atom. The van der Waals surface area contributed by atoms with Crippen molar-refractivity contribution >= 4 is 23.7 Å². The highest BCUT2D eigenvalue weighted by Crippen LogP contribution is 2.49. The van der Waals surface area contributed by atoms with E-state index in [-0.39, 0.29) is 5.75 Å². The van der Waals surface area contributed by atoms with Crippen molar-refractivity contribution in [3.63, 3.8) is 0 Å². The minimum absolute atomic E-state index is 0.198. The van der Waals surface area contributed by atoms with Gasteiger partial charge < -0.3 is 15.6 Å². The summed E-state index contributed by atoms with van der Waals surface area (Å²) in [7, 11) is 0. The van der Waals surface area contributed by atoms with Crippen LogP contribution in [0.15, 0.2) is 91.0 Å². The summed E-state index contributed by atoms with van der Waals surface area (Å²) in [5, 5.41) is 9.97. The third-order valence-corrected chi connectivity index (χ3v) is 6.94. The predicted molar refractivity (Wildman–Crippen MR) is 132 cm³/mol. The second-order valence-corrected chi connectivity index (χ2v) is 10.0. The molecule has 5 nitrogen and oxygen atoms in total. The summed E-state index contributed by atoms with van der Waals surface area (Å²) in [6, 6.07) is 29.4. The van der Waals surface area contributed by atoms with Crippen molar-refractivity contribution in [2.75, 3.05) is 5.75 Å². The summed E-state index contributed by atoms with van der Waals surface area (Å²) in [5.74, 6) is -2.58. The lowest BCUT2D eigenvalue weighted by atomic mass is 9.84. The Labute approximate surface area is 199 Å². The van der Waals surface area contributed by atoms with Crippen LogP contribution in [-0.2, 0) is 19.1 Å². The van der Waals surface area contributed by atoms with Gasteiger partial charge in [0.05, 0.1) is 4.75 Å². The molecule has 6 heteroatoms. The van der Waals surface area contributed by atoms with Gasteiger partial charge >= 0.3 is 11.9 Å². The van der Waals surface area contributed by atoms with E-state index in [0.717, 1.165) is 16.7 Å². The van der Waals surface area contributed by atoms with Gasteiger partial charge in [-0.3, -0.25) is 0 Å². The van der Waals surface area contributed by atoms with Crippen molar-refractivity contribution in [1.29, 1.82) is 0 Å². The molecule has 0 amide bonds. The maximum Gasteiger partial charge on any atom is 0.339 e. The minimum atomic E-state index is -2.22. The van der Waals surface area contributed by atoms with Crippen LogP contribution in [0.4, 0.5) is 0 Å². The highest BCUT2D eigenvalue weighted by atomic mass is 32.2. The van der Waals surface area contributed by atoms with Crippen LogP contribution in [0.5, 0.6) is 0 Å². The summed E-state index contributed by atoms with van der Waals surface area (Å²) in [6.07, 6.45) is 0. The van der Waals surface area contributed by atoms with E-state index in [4.69, 9.17) is 10.5 Å². The monoisotopic (exact) mass is 463 g/mol. The molecule has 0 radical (unpaired) electrons. The number of ether oxygens (including phenoxy) is 1. The smallest absolute Gasteiger partial charge is 0.339 e. The summed E-state index contributed by atoms with van der Waals surface area (Å²) in [4.78, 5) is 25.1. The Morgan fingerprint density at radius 3 is 1.45 bits per heavy atom. The average Bonchev–Trinajstić information content (AvgIpc) is 2.80. The van der Waals surface area contributed by atoms with Gasteiger partial charge in [-0.05, 0) is 37.5 Å². The van der Waals surface area contributed by atoms with E-state index in [9.17, 15) is 14.7 Å². The first-order valence-electron chi connectivity index (χ1n) is 10.7. The molecule has 3 N–H and O–H groups in total. The lowest BCUT2D eigenvalue weighted by Crippen LogP contribution is -2.59. The SMILES string of the molecule is CC(C)(C)OC(=O)[C@](N)(CSC(c1ccccc1)(c1ccccc1)c1ccccc1)C(=O)O. The molecule has 0 heterocycles. The van der Waals surface area contributed by atoms with Gasteiger partial charge in [-0.2, -0.15) is 0 Å². The number of aliphatic carboxylic acids is 1. The zero-order valence-electron chi connectivity index (χ0n) is 19.0. The van der Waals surface area contributed by atoms with Crippen LogP contribution < -0.4 is 5.73 Å². The van der Waals surface area contributed by atoms with E-state index in [1.54, 1.807) is 20.8 Å². The fourth-order valence-electron chi connectivity index (χ4n) is 3.57. The molecule has 0 aromatic heterocycles. The Kier molecular flexibility index (Phi) is 7.30. The summed E-state index contributed by atoms with van der Waals surface area (Å²) in [5.41, 5.74) is 6.00. The van der Waals surface area contributed by atoms with Gasteiger partial charge in [0.15, 0.2) is 0 Å². The number of nitrogens with two attached hydrogens (primary N) is 1. The number of carbonyl (C=O) groups excluding carboxylic acids is 1. The van der Waals surface area contributed by atoms with Crippen LogP contribution in [0, 0.1) is 0 Å². The van der Waals surface area contributed by atoms with E-state index >= 15 is 0 Å². The van der Waals surface area contributed by atoms with Gasteiger partial charge in [0.25, 0.3) is 0 Å². The highest BCUT2D eigenvalue weighted by molar-refractivity contribution is 8.00. The van der Waals surface area contributed by atoms with Gasteiger partial charge in [0.2, 0.25) is 5.54 Å². The van der Waals surface area contributed by atoms with Crippen molar-refractivity contribution in [2.45, 2.75) is 36.7 Å². The molecule has 3 aromatic rings. The van der Waals surface area contributed by atoms with Gasteiger partial charge in [-0.15, -0.1) is 11.8 Å². The zero-order chi connectivity index (χ0) is 24.1. The number of rotatable bonds is 8. The first-order valence-corrected chi connectivity index (χ1v) is 11.6. The van der Waals surface area contributed by atoms with Crippen molar-refractivity contribution in [1.82, 2.24) is 0 Å². The van der Waals surface area contributed by atoms with Crippen LogP contribution in [0.2, 0.25) is 0 Å². The number of hydrogen-bond acceptors (Lipinski definition) is 5. The second-order valence-electron chi connectivity index (χ2n) is 8.85. The molecule has 0 fully saturated rings. The van der Waals surface area contributed by atoms with Crippen molar-refractivity contribution in [3.8, 4) is 0 Å². The van der Waals surface area contributed by atoms with Gasteiger partial charge in [0, 0.05) is 5.75 Å².